The Morgan fingerprint density at radius 1 is 1.21 bits per heavy atom. The van der Waals surface area contributed by atoms with Crippen LogP contribution in [0, 0.1) is 17.0 Å². The van der Waals surface area contributed by atoms with Gasteiger partial charge in [0.2, 0.25) is 11.8 Å². The SMILES string of the molecule is Cc1ccc(NC(=O)[C@H](c2ccccc2)N(C)CC(=O)NC2CC2)c([N+](=O)[O-])c1. The minimum absolute atomic E-state index is 0.0411. The van der Waals surface area contributed by atoms with Gasteiger partial charge in [-0.2, -0.15) is 0 Å². The number of carbonyl (C=O) groups excluding carboxylic acids is 2. The Morgan fingerprint density at radius 2 is 1.90 bits per heavy atom. The predicted octanol–water partition coefficient (Wildman–Crippen LogP) is 2.79. The van der Waals surface area contributed by atoms with Crippen LogP contribution < -0.4 is 10.6 Å². The van der Waals surface area contributed by atoms with E-state index >= 15 is 0 Å². The highest BCUT2D eigenvalue weighted by molar-refractivity contribution is 5.97. The van der Waals surface area contributed by atoms with Crippen LogP contribution in [0.5, 0.6) is 0 Å². The first-order valence-corrected chi connectivity index (χ1v) is 9.45. The van der Waals surface area contributed by atoms with Crippen molar-refractivity contribution in [2.45, 2.75) is 31.8 Å². The lowest BCUT2D eigenvalue weighted by Crippen LogP contribution is -2.41. The predicted molar refractivity (Wildman–Crippen MR) is 109 cm³/mol. The number of rotatable bonds is 8. The molecule has 1 atom stereocenters. The molecule has 2 amide bonds. The fraction of sp³-hybridized carbons (Fsp3) is 0.333. The zero-order valence-corrected chi connectivity index (χ0v) is 16.4. The first-order valence-electron chi connectivity index (χ1n) is 9.45. The normalized spacial score (nSPS) is 14.3. The molecule has 0 saturated heterocycles. The summed E-state index contributed by atoms with van der Waals surface area (Å²) < 4.78 is 0. The second-order valence-corrected chi connectivity index (χ2v) is 7.34. The fourth-order valence-corrected chi connectivity index (χ4v) is 3.16. The summed E-state index contributed by atoms with van der Waals surface area (Å²) in [5, 5.41) is 17.0. The quantitative estimate of drug-likeness (QED) is 0.527. The van der Waals surface area contributed by atoms with Crippen LogP contribution in [0.2, 0.25) is 0 Å². The number of hydrogen-bond donors (Lipinski definition) is 2. The molecule has 0 radical (unpaired) electrons. The van der Waals surface area contributed by atoms with E-state index in [2.05, 4.69) is 10.6 Å². The van der Waals surface area contributed by atoms with Gasteiger partial charge >= 0.3 is 0 Å². The van der Waals surface area contributed by atoms with Crippen molar-refractivity contribution in [2.75, 3.05) is 18.9 Å². The van der Waals surface area contributed by atoms with E-state index < -0.39 is 16.9 Å². The summed E-state index contributed by atoms with van der Waals surface area (Å²) in [5.74, 6) is -0.588. The molecule has 0 unspecified atom stereocenters. The summed E-state index contributed by atoms with van der Waals surface area (Å²) in [5.41, 5.74) is 1.38. The monoisotopic (exact) mass is 396 g/mol. The number of anilines is 1. The van der Waals surface area contributed by atoms with Crippen molar-refractivity contribution in [3.05, 3.63) is 69.8 Å². The summed E-state index contributed by atoms with van der Waals surface area (Å²) in [6, 6.07) is 13.1. The molecule has 2 N–H and O–H groups in total. The molecule has 2 aromatic rings. The Kier molecular flexibility index (Phi) is 6.23. The van der Waals surface area contributed by atoms with E-state index in [0.29, 0.717) is 5.56 Å². The Balaban J connectivity index is 1.83. The average Bonchev–Trinajstić information content (AvgIpc) is 3.47. The van der Waals surface area contributed by atoms with E-state index in [9.17, 15) is 19.7 Å². The number of nitro benzene ring substituents is 1. The molecular formula is C21H24N4O4. The Hall–Kier alpha value is -3.26. The van der Waals surface area contributed by atoms with Crippen molar-refractivity contribution >= 4 is 23.2 Å². The number of benzene rings is 2. The number of hydrogen-bond acceptors (Lipinski definition) is 5. The van der Waals surface area contributed by atoms with E-state index in [0.717, 1.165) is 18.4 Å². The molecule has 0 aliphatic heterocycles. The molecule has 29 heavy (non-hydrogen) atoms. The number of nitrogens with zero attached hydrogens (tertiary/aromatic N) is 2. The topological polar surface area (TPSA) is 105 Å². The van der Waals surface area contributed by atoms with Crippen LogP contribution in [0.25, 0.3) is 0 Å². The number of carbonyl (C=O) groups is 2. The van der Waals surface area contributed by atoms with Crippen LogP contribution in [0.3, 0.4) is 0 Å². The zero-order chi connectivity index (χ0) is 21.0. The van der Waals surface area contributed by atoms with Crippen LogP contribution in [0.1, 0.15) is 30.0 Å². The third kappa shape index (κ3) is 5.39. The average molecular weight is 396 g/mol. The molecule has 0 spiro atoms. The molecule has 1 aliphatic carbocycles. The van der Waals surface area contributed by atoms with Gasteiger partial charge in [-0.05, 0) is 44.0 Å². The number of aryl methyl sites for hydroxylation is 1. The smallest absolute Gasteiger partial charge is 0.293 e. The molecule has 3 rings (SSSR count). The minimum atomic E-state index is -0.776. The molecule has 0 heterocycles. The number of nitrogens with one attached hydrogen (secondary N) is 2. The minimum Gasteiger partial charge on any atom is -0.352 e. The molecule has 0 bridgehead atoms. The molecule has 0 aromatic heterocycles. The van der Waals surface area contributed by atoms with Crippen LogP contribution in [-0.2, 0) is 9.59 Å². The second kappa shape index (κ2) is 8.83. The highest BCUT2D eigenvalue weighted by atomic mass is 16.6. The van der Waals surface area contributed by atoms with Gasteiger partial charge in [0.25, 0.3) is 5.69 Å². The maximum Gasteiger partial charge on any atom is 0.293 e. The molecule has 1 aliphatic rings. The third-order valence-electron chi connectivity index (χ3n) is 4.75. The first kappa shape index (κ1) is 20.5. The van der Waals surface area contributed by atoms with Gasteiger partial charge in [-0.25, -0.2) is 0 Å². The molecule has 152 valence electrons. The summed E-state index contributed by atoms with van der Waals surface area (Å²) in [4.78, 5) is 37.8. The Labute approximate surface area is 169 Å². The number of amides is 2. The summed E-state index contributed by atoms with van der Waals surface area (Å²) in [6.45, 7) is 1.79. The lowest BCUT2D eigenvalue weighted by molar-refractivity contribution is -0.384. The second-order valence-electron chi connectivity index (χ2n) is 7.34. The highest BCUT2D eigenvalue weighted by Crippen LogP contribution is 2.28. The van der Waals surface area contributed by atoms with E-state index in [1.54, 1.807) is 37.1 Å². The van der Waals surface area contributed by atoms with Gasteiger partial charge in [0.1, 0.15) is 11.7 Å². The highest BCUT2D eigenvalue weighted by Gasteiger charge is 2.30. The van der Waals surface area contributed by atoms with Gasteiger partial charge in [0.05, 0.1) is 11.5 Å². The molecular weight excluding hydrogens is 372 g/mol. The van der Waals surface area contributed by atoms with Crippen molar-refractivity contribution in [2.24, 2.45) is 0 Å². The van der Waals surface area contributed by atoms with Gasteiger partial charge in [0, 0.05) is 12.1 Å². The van der Waals surface area contributed by atoms with E-state index in [4.69, 9.17) is 0 Å². The van der Waals surface area contributed by atoms with Gasteiger partial charge in [-0.1, -0.05) is 36.4 Å². The van der Waals surface area contributed by atoms with Gasteiger partial charge < -0.3 is 10.6 Å². The molecule has 8 nitrogen and oxygen atoms in total. The van der Waals surface area contributed by atoms with Crippen molar-refractivity contribution in [3.8, 4) is 0 Å². The van der Waals surface area contributed by atoms with Gasteiger partial charge in [0.15, 0.2) is 0 Å². The third-order valence-corrected chi connectivity index (χ3v) is 4.75. The maximum atomic E-state index is 13.1. The van der Waals surface area contributed by atoms with Crippen molar-refractivity contribution < 1.29 is 14.5 Å². The number of likely N-dealkylation sites (N-methyl/N-ethyl adjacent to an activating group) is 1. The summed E-state index contributed by atoms with van der Waals surface area (Å²) >= 11 is 0. The molecule has 2 aromatic carbocycles. The summed E-state index contributed by atoms with van der Waals surface area (Å²) in [7, 11) is 1.69. The molecule has 8 heteroatoms. The fourth-order valence-electron chi connectivity index (χ4n) is 3.16. The molecule has 1 saturated carbocycles. The van der Waals surface area contributed by atoms with Crippen molar-refractivity contribution in [1.82, 2.24) is 10.2 Å². The van der Waals surface area contributed by atoms with Crippen molar-refractivity contribution in [1.29, 1.82) is 0 Å². The van der Waals surface area contributed by atoms with Crippen LogP contribution >= 0.6 is 0 Å². The standard InChI is InChI=1S/C21H24N4O4/c1-14-8-11-17(18(12-14)25(28)29)23-21(27)20(15-6-4-3-5-7-15)24(2)13-19(26)22-16-9-10-16/h3-8,11-12,16,20H,9-10,13H2,1-2H3,(H,22,26)(H,23,27)/t20-/m0/s1. The van der Waals surface area contributed by atoms with Crippen molar-refractivity contribution in [3.63, 3.8) is 0 Å². The van der Waals surface area contributed by atoms with E-state index in [1.165, 1.54) is 12.1 Å². The van der Waals surface area contributed by atoms with Crippen LogP contribution in [0.15, 0.2) is 48.5 Å². The van der Waals surface area contributed by atoms with E-state index in [1.807, 2.05) is 18.2 Å². The number of nitro groups is 1. The lowest BCUT2D eigenvalue weighted by Gasteiger charge is -2.27. The summed E-state index contributed by atoms with van der Waals surface area (Å²) in [6.07, 6.45) is 1.96. The largest absolute Gasteiger partial charge is 0.352 e. The maximum absolute atomic E-state index is 13.1. The first-order chi connectivity index (χ1) is 13.8. The molecule has 1 fully saturated rings. The Bertz CT molecular complexity index is 912. The lowest BCUT2D eigenvalue weighted by atomic mass is 10.0. The zero-order valence-electron chi connectivity index (χ0n) is 16.4. The van der Waals surface area contributed by atoms with Gasteiger partial charge in [-0.3, -0.25) is 24.6 Å². The van der Waals surface area contributed by atoms with Crippen LogP contribution in [-0.4, -0.2) is 41.3 Å². The van der Waals surface area contributed by atoms with Crippen LogP contribution in [0.4, 0.5) is 11.4 Å². The van der Waals surface area contributed by atoms with Gasteiger partial charge in [-0.15, -0.1) is 0 Å². The van der Waals surface area contributed by atoms with E-state index in [-0.39, 0.29) is 29.9 Å². The Morgan fingerprint density at radius 3 is 2.52 bits per heavy atom.